The van der Waals surface area contributed by atoms with Crippen LogP contribution in [-0.4, -0.2) is 29.3 Å². The van der Waals surface area contributed by atoms with Gasteiger partial charge in [0.15, 0.2) is 0 Å². The molecule has 0 heterocycles. The summed E-state index contributed by atoms with van der Waals surface area (Å²) in [5.41, 5.74) is 2.04. The van der Waals surface area contributed by atoms with Crippen LogP contribution >= 0.6 is 0 Å². The number of hydrogen-bond acceptors (Lipinski definition) is 3. The van der Waals surface area contributed by atoms with Crippen LogP contribution < -0.4 is 5.32 Å². The van der Waals surface area contributed by atoms with Crippen LogP contribution in [0.25, 0.3) is 0 Å². The van der Waals surface area contributed by atoms with Crippen LogP contribution in [0.2, 0.25) is 0 Å². The molecule has 4 nitrogen and oxygen atoms in total. The van der Waals surface area contributed by atoms with Gasteiger partial charge in [-0.2, -0.15) is 0 Å². The van der Waals surface area contributed by atoms with E-state index in [0.29, 0.717) is 0 Å². The lowest BCUT2D eigenvalue weighted by molar-refractivity contribution is -0.138. The van der Waals surface area contributed by atoms with Gasteiger partial charge in [-0.25, -0.2) is 0 Å². The van der Waals surface area contributed by atoms with Crippen LogP contribution in [-0.2, 0) is 11.3 Å². The lowest BCUT2D eigenvalue weighted by Gasteiger charge is -2.26. The normalized spacial score (nSPS) is 18.6. The summed E-state index contributed by atoms with van der Waals surface area (Å²) in [5.74, 6) is -1.27. The molecule has 116 valence electrons. The lowest BCUT2D eigenvalue weighted by atomic mass is 9.87. The summed E-state index contributed by atoms with van der Waals surface area (Å²) >= 11 is 0. The Labute approximate surface area is 126 Å². The van der Waals surface area contributed by atoms with Crippen molar-refractivity contribution in [1.29, 1.82) is 0 Å². The van der Waals surface area contributed by atoms with E-state index in [4.69, 9.17) is 5.11 Å². The molecule has 1 saturated carbocycles. The molecule has 0 saturated heterocycles. The maximum atomic E-state index is 10.9. The number of carboxylic acids is 1. The lowest BCUT2D eigenvalue weighted by Crippen LogP contribution is -2.34. The van der Waals surface area contributed by atoms with Gasteiger partial charge in [0.2, 0.25) is 0 Å². The number of aliphatic carboxylic acids is 1. The van der Waals surface area contributed by atoms with Gasteiger partial charge in [-0.1, -0.05) is 37.1 Å². The molecule has 0 bridgehead atoms. The molecule has 1 unspecified atom stereocenters. The molecule has 1 aromatic rings. The van der Waals surface area contributed by atoms with Gasteiger partial charge in [0.05, 0.1) is 5.92 Å². The van der Waals surface area contributed by atoms with E-state index in [2.05, 4.69) is 5.32 Å². The zero-order valence-electron chi connectivity index (χ0n) is 12.6. The first kappa shape index (κ1) is 16.0. The van der Waals surface area contributed by atoms with Gasteiger partial charge in [0.1, 0.15) is 0 Å². The first-order valence-electron chi connectivity index (χ1n) is 7.69. The molecule has 1 atom stereocenters. The van der Waals surface area contributed by atoms with Gasteiger partial charge in [0.25, 0.3) is 0 Å². The molecule has 0 spiro atoms. The van der Waals surface area contributed by atoms with Gasteiger partial charge in [-0.05, 0) is 30.9 Å². The molecular weight excluding hydrogens is 266 g/mol. The number of aliphatic hydroxyl groups is 1. The van der Waals surface area contributed by atoms with E-state index in [0.717, 1.165) is 37.1 Å². The van der Waals surface area contributed by atoms with E-state index < -0.39 is 11.9 Å². The molecular formula is C17H25NO3. The highest BCUT2D eigenvalue weighted by Crippen LogP contribution is 2.36. The fraction of sp³-hybridized carbons (Fsp3) is 0.588. The molecule has 1 fully saturated rings. The number of nitrogens with one attached hydrogen (secondary N) is 1. The predicted octanol–water partition coefficient (Wildman–Crippen LogP) is 2.52. The molecule has 2 rings (SSSR count). The third-order valence-electron chi connectivity index (χ3n) is 4.68. The van der Waals surface area contributed by atoms with E-state index in [1.165, 1.54) is 12.8 Å². The molecule has 4 heteroatoms. The van der Waals surface area contributed by atoms with Crippen molar-refractivity contribution in [3.8, 4) is 0 Å². The molecule has 0 aliphatic heterocycles. The molecule has 21 heavy (non-hydrogen) atoms. The minimum Gasteiger partial charge on any atom is -0.481 e. The summed E-state index contributed by atoms with van der Waals surface area (Å²) < 4.78 is 0. The summed E-state index contributed by atoms with van der Waals surface area (Å²) in [6.07, 6.45) is 4.63. The van der Waals surface area contributed by atoms with Crippen molar-refractivity contribution >= 4 is 5.97 Å². The zero-order chi connectivity index (χ0) is 15.3. The van der Waals surface area contributed by atoms with Crippen LogP contribution in [0.3, 0.4) is 0 Å². The molecule has 1 aromatic carbocycles. The third kappa shape index (κ3) is 4.05. The summed E-state index contributed by atoms with van der Waals surface area (Å²) in [7, 11) is 0. The Bertz CT molecular complexity index is 463. The van der Waals surface area contributed by atoms with Crippen molar-refractivity contribution < 1.29 is 15.0 Å². The van der Waals surface area contributed by atoms with Crippen molar-refractivity contribution in [3.63, 3.8) is 0 Å². The monoisotopic (exact) mass is 291 g/mol. The Kier molecular flexibility index (Phi) is 5.37. The van der Waals surface area contributed by atoms with Gasteiger partial charge in [-0.3, -0.25) is 4.79 Å². The number of rotatable bonds is 7. The maximum absolute atomic E-state index is 10.9. The first-order valence-corrected chi connectivity index (χ1v) is 7.69. The Balaban J connectivity index is 1.85. The Hall–Kier alpha value is -1.39. The van der Waals surface area contributed by atoms with Gasteiger partial charge in [0, 0.05) is 25.1 Å². The Morgan fingerprint density at radius 2 is 1.90 bits per heavy atom. The second kappa shape index (κ2) is 7.05. The third-order valence-corrected chi connectivity index (χ3v) is 4.68. The summed E-state index contributed by atoms with van der Waals surface area (Å²) in [4.78, 5) is 10.9. The highest BCUT2D eigenvalue weighted by molar-refractivity contribution is 5.75. The molecule has 1 aliphatic carbocycles. The second-order valence-corrected chi connectivity index (χ2v) is 6.27. The van der Waals surface area contributed by atoms with E-state index >= 15 is 0 Å². The van der Waals surface area contributed by atoms with Crippen LogP contribution in [0.15, 0.2) is 24.3 Å². The van der Waals surface area contributed by atoms with E-state index in [-0.39, 0.29) is 12.0 Å². The van der Waals surface area contributed by atoms with Crippen molar-refractivity contribution in [2.75, 3.05) is 13.2 Å². The van der Waals surface area contributed by atoms with E-state index in [1.807, 2.05) is 24.3 Å². The van der Waals surface area contributed by atoms with Crippen molar-refractivity contribution in [1.82, 2.24) is 5.32 Å². The zero-order valence-corrected chi connectivity index (χ0v) is 12.6. The number of benzene rings is 1. The Morgan fingerprint density at radius 1 is 1.29 bits per heavy atom. The average Bonchev–Trinajstić information content (AvgIpc) is 2.96. The molecule has 3 N–H and O–H groups in total. The van der Waals surface area contributed by atoms with E-state index in [1.54, 1.807) is 6.92 Å². The second-order valence-electron chi connectivity index (χ2n) is 6.27. The van der Waals surface area contributed by atoms with Gasteiger partial charge < -0.3 is 15.5 Å². The molecule has 0 aromatic heterocycles. The fourth-order valence-electron chi connectivity index (χ4n) is 3.05. The molecule has 0 radical (unpaired) electrons. The van der Waals surface area contributed by atoms with Gasteiger partial charge >= 0.3 is 5.97 Å². The predicted molar refractivity (Wildman–Crippen MR) is 82.2 cm³/mol. The van der Waals surface area contributed by atoms with Gasteiger partial charge in [-0.15, -0.1) is 0 Å². The topological polar surface area (TPSA) is 69.6 Å². The van der Waals surface area contributed by atoms with Crippen molar-refractivity contribution in [3.05, 3.63) is 35.4 Å². The number of carbonyl (C=O) groups is 1. The Morgan fingerprint density at radius 3 is 2.43 bits per heavy atom. The molecule has 1 aliphatic rings. The summed E-state index contributed by atoms with van der Waals surface area (Å²) in [6, 6.07) is 7.71. The van der Waals surface area contributed by atoms with Crippen LogP contribution in [0.4, 0.5) is 0 Å². The average molecular weight is 291 g/mol. The first-order chi connectivity index (χ1) is 10.1. The number of hydrogen-bond donors (Lipinski definition) is 3. The highest BCUT2D eigenvalue weighted by Gasteiger charge is 2.32. The minimum atomic E-state index is -0.799. The van der Waals surface area contributed by atoms with E-state index in [9.17, 15) is 9.90 Å². The van der Waals surface area contributed by atoms with Crippen LogP contribution in [0.1, 0.15) is 49.7 Å². The largest absolute Gasteiger partial charge is 0.481 e. The summed E-state index contributed by atoms with van der Waals surface area (Å²) in [6.45, 7) is 3.55. The van der Waals surface area contributed by atoms with Crippen molar-refractivity contribution in [2.24, 2.45) is 5.41 Å². The molecule has 0 amide bonds. The summed E-state index contributed by atoms with van der Waals surface area (Å²) in [5, 5.41) is 22.0. The SMILES string of the molecule is CC(C(=O)O)c1ccc(CNCC2(CO)CCCC2)cc1. The number of carboxylic acid groups (broad SMARTS) is 1. The van der Waals surface area contributed by atoms with Crippen LogP contribution in [0.5, 0.6) is 0 Å². The number of aliphatic hydroxyl groups excluding tert-OH is 1. The minimum absolute atomic E-state index is 0.0672. The fourth-order valence-corrected chi connectivity index (χ4v) is 3.05. The smallest absolute Gasteiger partial charge is 0.310 e. The maximum Gasteiger partial charge on any atom is 0.310 e. The van der Waals surface area contributed by atoms with Crippen LogP contribution in [0, 0.1) is 5.41 Å². The standard InChI is InChI=1S/C17H25NO3/c1-13(16(20)21)15-6-4-14(5-7-15)10-18-11-17(12-19)8-2-3-9-17/h4-7,13,18-19H,2-3,8-12H2,1H3,(H,20,21). The van der Waals surface area contributed by atoms with Crippen molar-refractivity contribution in [2.45, 2.75) is 45.1 Å². The highest BCUT2D eigenvalue weighted by atomic mass is 16.4. The quantitative estimate of drug-likeness (QED) is 0.722.